The molecule has 2 aromatic heterocycles. The number of methoxy groups -OCH3 is 1. The van der Waals surface area contributed by atoms with Gasteiger partial charge in [-0.05, 0) is 25.1 Å². The number of fused-ring (bicyclic) bond motifs is 1. The number of imidazole rings is 1. The zero-order valence-electron chi connectivity index (χ0n) is 14.6. The van der Waals surface area contributed by atoms with Gasteiger partial charge in [-0.2, -0.15) is 4.98 Å². The number of nitrogen functional groups attached to an aromatic ring is 1. The Morgan fingerprint density at radius 3 is 2.92 bits per heavy atom. The normalized spacial score (nSPS) is 11.8. The van der Waals surface area contributed by atoms with Crippen molar-refractivity contribution in [1.82, 2.24) is 19.5 Å². The molecule has 4 N–H and O–H groups in total. The maximum absolute atomic E-state index is 9.37. The minimum atomic E-state index is -0.691. The van der Waals surface area contributed by atoms with Crippen molar-refractivity contribution in [1.29, 1.82) is 0 Å². The number of nitrogens with two attached hydrogens (primary N) is 1. The van der Waals surface area contributed by atoms with Gasteiger partial charge in [0.15, 0.2) is 0 Å². The lowest BCUT2D eigenvalue weighted by atomic mass is 10.2. The molecule has 3 rings (SSSR count). The summed E-state index contributed by atoms with van der Waals surface area (Å²) in [4.78, 5) is 12.9. The van der Waals surface area contributed by atoms with Crippen molar-refractivity contribution in [3.05, 3.63) is 36.0 Å². The predicted octanol–water partition coefficient (Wildman–Crippen LogP) is 1.19. The summed E-state index contributed by atoms with van der Waals surface area (Å²) >= 11 is 0. The van der Waals surface area contributed by atoms with E-state index >= 15 is 0 Å². The van der Waals surface area contributed by atoms with E-state index in [1.165, 1.54) is 0 Å². The van der Waals surface area contributed by atoms with Crippen LogP contribution in [0.25, 0.3) is 16.9 Å². The summed E-state index contributed by atoms with van der Waals surface area (Å²) in [5, 5.41) is 12.6. The Balaban J connectivity index is 2.13. The standard InChI is InChI=1S/C18H20N6O2/c1-12(25)3-4-13-5-6-14-15(11-13)24(16-7-8-20-17(19)23-16)18(22-14)21-9-10-26-2/h5-8,11-12,25H,9-10H2,1-2H3,(H,21,22)(H2,19,20,23)/t12-/m1/s1. The minimum Gasteiger partial charge on any atom is -0.383 e. The topological polar surface area (TPSA) is 111 Å². The molecule has 2 heterocycles. The van der Waals surface area contributed by atoms with E-state index in [1.54, 1.807) is 26.3 Å². The van der Waals surface area contributed by atoms with Gasteiger partial charge in [0.25, 0.3) is 0 Å². The van der Waals surface area contributed by atoms with Gasteiger partial charge in [-0.1, -0.05) is 11.8 Å². The third kappa shape index (κ3) is 3.91. The maximum atomic E-state index is 9.37. The number of nitrogens with one attached hydrogen (secondary N) is 1. The molecule has 0 radical (unpaired) electrons. The van der Waals surface area contributed by atoms with E-state index in [4.69, 9.17) is 10.5 Å². The van der Waals surface area contributed by atoms with Crippen molar-refractivity contribution in [2.24, 2.45) is 0 Å². The fourth-order valence-electron chi connectivity index (χ4n) is 2.44. The Kier molecular flexibility index (Phi) is 5.31. The number of hydrogen-bond donors (Lipinski definition) is 3. The number of aliphatic hydroxyl groups is 1. The highest BCUT2D eigenvalue weighted by Crippen LogP contribution is 2.24. The molecular weight excluding hydrogens is 332 g/mol. The fourth-order valence-corrected chi connectivity index (χ4v) is 2.44. The minimum absolute atomic E-state index is 0.178. The lowest BCUT2D eigenvalue weighted by molar-refractivity contribution is 0.210. The number of ether oxygens (including phenoxy) is 1. The van der Waals surface area contributed by atoms with Crippen LogP contribution in [-0.2, 0) is 4.74 Å². The van der Waals surface area contributed by atoms with Crippen LogP contribution in [0.15, 0.2) is 30.5 Å². The van der Waals surface area contributed by atoms with Crippen LogP contribution in [0.4, 0.5) is 11.9 Å². The van der Waals surface area contributed by atoms with Gasteiger partial charge in [0, 0.05) is 31.5 Å². The average molecular weight is 352 g/mol. The lowest BCUT2D eigenvalue weighted by Gasteiger charge is -2.10. The smallest absolute Gasteiger partial charge is 0.221 e. The number of anilines is 2. The number of aromatic nitrogens is 4. The molecule has 0 unspecified atom stereocenters. The molecule has 134 valence electrons. The molecule has 8 nitrogen and oxygen atoms in total. The predicted molar refractivity (Wildman–Crippen MR) is 100.0 cm³/mol. The lowest BCUT2D eigenvalue weighted by Crippen LogP contribution is -2.12. The highest BCUT2D eigenvalue weighted by molar-refractivity contribution is 5.82. The maximum Gasteiger partial charge on any atom is 0.221 e. The van der Waals surface area contributed by atoms with Crippen LogP contribution in [0.5, 0.6) is 0 Å². The molecule has 0 spiro atoms. The number of aliphatic hydroxyl groups excluding tert-OH is 1. The fraction of sp³-hybridized carbons (Fsp3) is 0.278. The van der Waals surface area contributed by atoms with Gasteiger partial charge >= 0.3 is 0 Å². The van der Waals surface area contributed by atoms with Crippen molar-refractivity contribution in [3.8, 4) is 17.7 Å². The first-order valence-electron chi connectivity index (χ1n) is 8.12. The summed E-state index contributed by atoms with van der Waals surface area (Å²) in [5.74, 6) is 7.09. The van der Waals surface area contributed by atoms with Gasteiger partial charge < -0.3 is 20.9 Å². The second-order valence-electron chi connectivity index (χ2n) is 5.61. The molecule has 3 aromatic rings. The summed E-state index contributed by atoms with van der Waals surface area (Å²) in [5.41, 5.74) is 8.12. The number of rotatable bonds is 5. The van der Waals surface area contributed by atoms with Crippen LogP contribution < -0.4 is 11.1 Å². The van der Waals surface area contributed by atoms with E-state index in [-0.39, 0.29) is 5.95 Å². The third-order valence-electron chi connectivity index (χ3n) is 3.56. The summed E-state index contributed by atoms with van der Waals surface area (Å²) in [7, 11) is 1.64. The molecule has 0 saturated carbocycles. The van der Waals surface area contributed by atoms with Crippen LogP contribution in [-0.4, -0.2) is 51.0 Å². The first-order chi connectivity index (χ1) is 12.6. The van der Waals surface area contributed by atoms with Gasteiger partial charge in [0.05, 0.1) is 17.6 Å². The van der Waals surface area contributed by atoms with E-state index in [0.717, 1.165) is 16.6 Å². The van der Waals surface area contributed by atoms with Gasteiger partial charge in [-0.25, -0.2) is 9.97 Å². The Hall–Kier alpha value is -3.15. The Morgan fingerprint density at radius 2 is 2.19 bits per heavy atom. The molecule has 0 aliphatic carbocycles. The molecule has 0 aliphatic heterocycles. The number of hydrogen-bond acceptors (Lipinski definition) is 7. The van der Waals surface area contributed by atoms with Gasteiger partial charge in [-0.15, -0.1) is 0 Å². The molecule has 0 bridgehead atoms. The van der Waals surface area contributed by atoms with Crippen molar-refractivity contribution in [3.63, 3.8) is 0 Å². The first-order valence-corrected chi connectivity index (χ1v) is 8.12. The van der Waals surface area contributed by atoms with E-state index in [9.17, 15) is 5.11 Å². The van der Waals surface area contributed by atoms with Crippen LogP contribution in [0, 0.1) is 11.8 Å². The highest BCUT2D eigenvalue weighted by atomic mass is 16.5. The summed E-state index contributed by atoms with van der Waals surface area (Å²) in [6, 6.07) is 7.40. The van der Waals surface area contributed by atoms with Crippen molar-refractivity contribution in [2.75, 3.05) is 31.3 Å². The molecule has 0 amide bonds. The monoisotopic (exact) mass is 352 g/mol. The third-order valence-corrected chi connectivity index (χ3v) is 3.56. The van der Waals surface area contributed by atoms with Crippen LogP contribution in [0.1, 0.15) is 12.5 Å². The zero-order chi connectivity index (χ0) is 18.5. The molecule has 1 atom stereocenters. The molecule has 0 saturated heterocycles. The van der Waals surface area contributed by atoms with Crippen LogP contribution in [0.2, 0.25) is 0 Å². The molecule has 1 aromatic carbocycles. The van der Waals surface area contributed by atoms with Crippen molar-refractivity contribution < 1.29 is 9.84 Å². The Morgan fingerprint density at radius 1 is 1.35 bits per heavy atom. The van der Waals surface area contributed by atoms with Gasteiger partial charge in [0.2, 0.25) is 11.9 Å². The first kappa shape index (κ1) is 17.7. The van der Waals surface area contributed by atoms with Crippen LogP contribution >= 0.6 is 0 Å². The van der Waals surface area contributed by atoms with Crippen LogP contribution in [0.3, 0.4) is 0 Å². The Bertz CT molecular complexity index is 971. The van der Waals surface area contributed by atoms with Gasteiger partial charge in [0.1, 0.15) is 11.9 Å². The summed E-state index contributed by atoms with van der Waals surface area (Å²) in [6.45, 7) is 2.76. The SMILES string of the molecule is COCCNc1nc2ccc(C#C[C@@H](C)O)cc2n1-c1ccnc(N)n1. The Labute approximate surface area is 151 Å². The highest BCUT2D eigenvalue weighted by Gasteiger charge is 2.14. The molecule has 26 heavy (non-hydrogen) atoms. The molecule has 0 aliphatic rings. The van der Waals surface area contributed by atoms with Gasteiger partial charge in [-0.3, -0.25) is 4.57 Å². The largest absolute Gasteiger partial charge is 0.383 e. The second-order valence-corrected chi connectivity index (χ2v) is 5.61. The molecule has 0 fully saturated rings. The van der Waals surface area contributed by atoms with Crippen molar-refractivity contribution in [2.45, 2.75) is 13.0 Å². The molecular formula is C18H20N6O2. The van der Waals surface area contributed by atoms with E-state index in [0.29, 0.717) is 24.9 Å². The zero-order valence-corrected chi connectivity index (χ0v) is 14.6. The summed E-state index contributed by atoms with van der Waals surface area (Å²) < 4.78 is 6.95. The second kappa shape index (κ2) is 7.82. The average Bonchev–Trinajstić information content (AvgIpc) is 2.97. The molecule has 8 heteroatoms. The van der Waals surface area contributed by atoms with Crippen molar-refractivity contribution >= 4 is 22.9 Å². The number of benzene rings is 1. The van der Waals surface area contributed by atoms with E-state index in [2.05, 4.69) is 32.1 Å². The number of nitrogens with zero attached hydrogens (tertiary/aromatic N) is 4. The van der Waals surface area contributed by atoms with E-state index in [1.807, 2.05) is 22.8 Å². The van der Waals surface area contributed by atoms with E-state index < -0.39 is 6.10 Å². The quantitative estimate of drug-likeness (QED) is 0.467. The summed E-state index contributed by atoms with van der Waals surface area (Å²) in [6.07, 6.45) is 0.906.